The molecule has 1 amide bonds. The van der Waals surface area contributed by atoms with E-state index in [1.165, 1.54) is 87.3 Å². The largest absolute Gasteiger partial charge is 0.387 e. The van der Waals surface area contributed by atoms with E-state index in [9.17, 15) is 4.79 Å². The van der Waals surface area contributed by atoms with Gasteiger partial charge in [0.05, 0.1) is 11.9 Å². The number of piperazine rings is 1. The summed E-state index contributed by atoms with van der Waals surface area (Å²) in [6.45, 7) is 21.8. The van der Waals surface area contributed by atoms with Gasteiger partial charge >= 0.3 is 0 Å². The molecule has 0 bridgehead atoms. The highest BCUT2D eigenvalue weighted by Gasteiger charge is 2.27. The maximum atomic E-state index is 12.7. The summed E-state index contributed by atoms with van der Waals surface area (Å²) < 4.78 is 2.31. The molecule has 1 aromatic heterocycles. The van der Waals surface area contributed by atoms with Crippen LogP contribution in [0.5, 0.6) is 0 Å². The van der Waals surface area contributed by atoms with Crippen molar-refractivity contribution in [3.8, 4) is 0 Å². The van der Waals surface area contributed by atoms with Crippen LogP contribution in [0.25, 0.3) is 12.4 Å². The molecule has 9 nitrogen and oxygen atoms in total. The number of aromatic nitrogens is 1. The summed E-state index contributed by atoms with van der Waals surface area (Å²) in [5, 5.41) is 8.84. The van der Waals surface area contributed by atoms with Gasteiger partial charge in [0, 0.05) is 77.6 Å². The van der Waals surface area contributed by atoms with E-state index in [0.717, 1.165) is 94.6 Å². The number of amides is 1. The first kappa shape index (κ1) is 43.6. The molecule has 3 aliphatic rings. The quantitative estimate of drug-likeness (QED) is 0.0911. The molecular formula is C45H76N8O. The molecule has 5 rings (SSSR count). The molecule has 0 radical (unpaired) electrons. The highest BCUT2D eigenvalue weighted by molar-refractivity contribution is 5.83. The number of amidine groups is 1. The fourth-order valence-electron chi connectivity index (χ4n) is 8.07. The monoisotopic (exact) mass is 745 g/mol. The van der Waals surface area contributed by atoms with E-state index in [2.05, 4.69) is 87.8 Å². The number of benzene rings is 1. The number of carbonyl (C=O) groups excluding carboxylic acids is 1. The maximum Gasteiger partial charge on any atom is 0.234 e. The molecule has 2 heterocycles. The lowest BCUT2D eigenvalue weighted by atomic mass is 9.96. The van der Waals surface area contributed by atoms with Crippen LogP contribution in [0.3, 0.4) is 0 Å². The van der Waals surface area contributed by atoms with Crippen LogP contribution in [0, 0.1) is 0 Å². The van der Waals surface area contributed by atoms with E-state index in [1.807, 2.05) is 13.8 Å². The molecule has 2 aromatic rings. The van der Waals surface area contributed by atoms with Crippen molar-refractivity contribution in [2.45, 2.75) is 143 Å². The molecule has 2 aliphatic carbocycles. The molecule has 0 spiro atoms. The Labute approximate surface area is 328 Å². The Bertz CT molecular complexity index is 1530. The first-order valence-electron chi connectivity index (χ1n) is 21.8. The number of likely N-dealkylation sites (N-methyl/N-ethyl adjacent to an activating group) is 1. The summed E-state index contributed by atoms with van der Waals surface area (Å²) in [6.07, 6.45) is 19.1. The lowest BCUT2D eigenvalue weighted by Crippen LogP contribution is -2.48. The molecule has 9 heteroatoms. The molecule has 1 aliphatic heterocycles. The minimum absolute atomic E-state index is 0.167. The SMILES string of the molecule is C=c1ccn(Cc2ccc(CN3CCN(CCNC(=O)CN(C)C4CCCCCCC4)CC3)cc2C2CC2)/c1=C(/N=C(/N)CCC)NCCCCC.CC. The van der Waals surface area contributed by atoms with E-state index in [1.54, 1.807) is 0 Å². The number of nitrogens with two attached hydrogens (primary N) is 1. The third-order valence-electron chi connectivity index (χ3n) is 11.4. The number of unbranched alkanes of at least 4 members (excludes halogenated alkanes) is 2. The van der Waals surface area contributed by atoms with Crippen molar-refractivity contribution in [2.24, 2.45) is 10.7 Å². The lowest BCUT2D eigenvalue weighted by Gasteiger charge is -2.35. The fraction of sp³-hybridized carbons (Fsp3) is 0.689. The van der Waals surface area contributed by atoms with Gasteiger partial charge in [-0.3, -0.25) is 19.5 Å². The second kappa shape index (κ2) is 23.7. The number of nitrogens with zero attached hydrogens (tertiary/aromatic N) is 5. The van der Waals surface area contributed by atoms with Crippen molar-refractivity contribution < 1.29 is 4.79 Å². The molecule has 0 atom stereocenters. The van der Waals surface area contributed by atoms with Crippen LogP contribution in [0.1, 0.15) is 140 Å². The predicted octanol–water partition coefficient (Wildman–Crippen LogP) is 6.13. The number of aliphatic imine (C=N–C) groups is 1. The molecular weight excluding hydrogens is 669 g/mol. The van der Waals surface area contributed by atoms with Gasteiger partial charge in [0.15, 0.2) is 5.82 Å². The van der Waals surface area contributed by atoms with Crippen LogP contribution in [-0.2, 0) is 17.9 Å². The Morgan fingerprint density at radius 2 is 1.59 bits per heavy atom. The highest BCUT2D eigenvalue weighted by atomic mass is 16.2. The molecule has 54 heavy (non-hydrogen) atoms. The lowest BCUT2D eigenvalue weighted by molar-refractivity contribution is -0.122. The summed E-state index contributed by atoms with van der Waals surface area (Å²) in [6, 6.07) is 9.86. The van der Waals surface area contributed by atoms with Crippen LogP contribution < -0.4 is 26.9 Å². The van der Waals surface area contributed by atoms with Crippen LogP contribution in [0.15, 0.2) is 35.5 Å². The fourth-order valence-corrected chi connectivity index (χ4v) is 8.07. The average molecular weight is 745 g/mol. The van der Waals surface area contributed by atoms with Crippen molar-refractivity contribution in [1.82, 2.24) is 29.9 Å². The average Bonchev–Trinajstić information content (AvgIpc) is 3.94. The zero-order chi connectivity index (χ0) is 38.7. The smallest absolute Gasteiger partial charge is 0.234 e. The standard InChI is InChI=1S/C43H70N8O.C2H6/c1-5-7-13-22-46-43(47-40(44)14-6-2)42-34(3)21-24-51(42)32-37-18-17-35(30-39(37)36-19-20-36)31-50-28-26-49(27-29-50)25-23-45-41(52)33-48(4)38-15-11-9-8-10-12-16-38;1-2/h17-18,21,24,30,36,38,46H,3,5-16,19-20,22-23,25-29,31-33H2,1-2,4H3,(H2,44,47)(H,45,52);1-2H3/b43-42+;. The molecule has 0 unspecified atom stereocenters. The van der Waals surface area contributed by atoms with Crippen molar-refractivity contribution in [1.29, 1.82) is 0 Å². The third kappa shape index (κ3) is 14.2. The molecule has 4 N–H and O–H groups in total. The van der Waals surface area contributed by atoms with Gasteiger partial charge in [-0.15, -0.1) is 0 Å². The number of carbonyl (C=O) groups is 1. The topological polar surface area (TPSA) is 94.2 Å². The second-order valence-corrected chi connectivity index (χ2v) is 15.8. The Kier molecular flexibility index (Phi) is 19.1. The van der Waals surface area contributed by atoms with E-state index >= 15 is 0 Å². The van der Waals surface area contributed by atoms with Gasteiger partial charge in [0.1, 0.15) is 5.84 Å². The number of nitrogens with one attached hydrogen (secondary N) is 2. The Morgan fingerprint density at radius 3 is 2.28 bits per heavy atom. The predicted molar refractivity (Wildman–Crippen MR) is 229 cm³/mol. The van der Waals surface area contributed by atoms with Crippen LogP contribution >= 0.6 is 0 Å². The van der Waals surface area contributed by atoms with Gasteiger partial charge in [-0.05, 0) is 79.5 Å². The number of hydrogen-bond acceptors (Lipinski definition) is 6. The zero-order valence-corrected chi connectivity index (χ0v) is 34.9. The molecule has 1 saturated heterocycles. The summed E-state index contributed by atoms with van der Waals surface area (Å²) in [5.74, 6) is 2.34. The molecule has 2 saturated carbocycles. The van der Waals surface area contributed by atoms with Gasteiger partial charge < -0.3 is 20.9 Å². The number of hydrogen-bond donors (Lipinski definition) is 3. The summed E-state index contributed by atoms with van der Waals surface area (Å²) in [5.41, 5.74) is 10.7. The van der Waals surface area contributed by atoms with E-state index in [4.69, 9.17) is 10.7 Å². The first-order chi connectivity index (χ1) is 26.3. The van der Waals surface area contributed by atoms with E-state index < -0.39 is 0 Å². The zero-order valence-electron chi connectivity index (χ0n) is 34.9. The van der Waals surface area contributed by atoms with Crippen LogP contribution in [-0.4, -0.2) is 96.5 Å². The summed E-state index contributed by atoms with van der Waals surface area (Å²) in [4.78, 5) is 25.0. The summed E-state index contributed by atoms with van der Waals surface area (Å²) in [7, 11) is 2.13. The minimum atomic E-state index is 0.167. The molecule has 302 valence electrons. The first-order valence-corrected chi connectivity index (χ1v) is 21.8. The molecule has 3 fully saturated rings. The van der Waals surface area contributed by atoms with Crippen molar-refractivity contribution >= 4 is 24.1 Å². The van der Waals surface area contributed by atoms with Gasteiger partial charge in [-0.1, -0.05) is 97.4 Å². The van der Waals surface area contributed by atoms with Crippen molar-refractivity contribution in [3.63, 3.8) is 0 Å². The van der Waals surface area contributed by atoms with E-state index in [-0.39, 0.29) is 5.91 Å². The van der Waals surface area contributed by atoms with Crippen LogP contribution in [0.4, 0.5) is 0 Å². The van der Waals surface area contributed by atoms with Gasteiger partial charge in [0.25, 0.3) is 0 Å². The maximum absolute atomic E-state index is 12.7. The Balaban J connectivity index is 0.00000319. The highest BCUT2D eigenvalue weighted by Crippen LogP contribution is 2.42. The second-order valence-electron chi connectivity index (χ2n) is 15.8. The van der Waals surface area contributed by atoms with Crippen molar-refractivity contribution in [3.05, 3.63) is 57.7 Å². The van der Waals surface area contributed by atoms with E-state index in [0.29, 0.717) is 24.3 Å². The number of rotatable bonds is 19. The Morgan fingerprint density at radius 1 is 0.889 bits per heavy atom. The Hall–Kier alpha value is -3.14. The normalized spacial score (nSPS) is 18.4. The minimum Gasteiger partial charge on any atom is -0.387 e. The summed E-state index contributed by atoms with van der Waals surface area (Å²) >= 11 is 0. The van der Waals surface area contributed by atoms with Crippen LogP contribution in [0.2, 0.25) is 0 Å². The van der Waals surface area contributed by atoms with Gasteiger partial charge in [-0.2, -0.15) is 0 Å². The van der Waals surface area contributed by atoms with Gasteiger partial charge in [0.2, 0.25) is 5.91 Å². The van der Waals surface area contributed by atoms with Crippen molar-refractivity contribution in [2.75, 3.05) is 59.4 Å². The third-order valence-corrected chi connectivity index (χ3v) is 11.4. The van der Waals surface area contributed by atoms with Gasteiger partial charge in [-0.25, -0.2) is 4.99 Å². The molecule has 1 aromatic carbocycles.